The lowest BCUT2D eigenvalue weighted by Gasteiger charge is -2.27. The summed E-state index contributed by atoms with van der Waals surface area (Å²) in [5, 5.41) is 0. The molecule has 0 aliphatic heterocycles. The Morgan fingerprint density at radius 3 is 1.29 bits per heavy atom. The van der Waals surface area contributed by atoms with Crippen molar-refractivity contribution in [1.29, 1.82) is 0 Å². The van der Waals surface area contributed by atoms with Gasteiger partial charge in [0.1, 0.15) is 23.0 Å². The van der Waals surface area contributed by atoms with Gasteiger partial charge in [-0.2, -0.15) is 0 Å². The molecule has 0 bridgehead atoms. The van der Waals surface area contributed by atoms with Gasteiger partial charge >= 0.3 is 0 Å². The van der Waals surface area contributed by atoms with Crippen molar-refractivity contribution < 1.29 is 18.9 Å². The van der Waals surface area contributed by atoms with Crippen LogP contribution < -0.4 is 18.9 Å². The van der Waals surface area contributed by atoms with E-state index in [4.69, 9.17) is 18.9 Å². The Balaban J connectivity index is 1.71. The Labute approximate surface area is 168 Å². The van der Waals surface area contributed by atoms with E-state index in [-0.39, 0.29) is 0 Å². The third kappa shape index (κ3) is 4.54. The van der Waals surface area contributed by atoms with Gasteiger partial charge < -0.3 is 18.9 Å². The molecule has 0 atom stereocenters. The van der Waals surface area contributed by atoms with E-state index in [1.165, 1.54) is 49.7 Å². The number of hydrogen-bond donors (Lipinski definition) is 0. The van der Waals surface area contributed by atoms with Crippen LogP contribution in [0.5, 0.6) is 23.0 Å². The zero-order chi connectivity index (χ0) is 19.9. The maximum atomic E-state index is 5.65. The van der Waals surface area contributed by atoms with Gasteiger partial charge in [0.05, 0.1) is 28.4 Å². The van der Waals surface area contributed by atoms with Crippen molar-refractivity contribution in [3.05, 3.63) is 47.5 Å². The van der Waals surface area contributed by atoms with E-state index in [2.05, 4.69) is 12.1 Å². The van der Waals surface area contributed by atoms with Crippen molar-refractivity contribution >= 4 is 0 Å². The predicted octanol–water partition coefficient (Wildman–Crippen LogP) is 5.94. The van der Waals surface area contributed by atoms with Gasteiger partial charge in [-0.1, -0.05) is 25.0 Å². The highest BCUT2D eigenvalue weighted by Gasteiger charge is 2.23. The molecule has 28 heavy (non-hydrogen) atoms. The largest absolute Gasteiger partial charge is 0.497 e. The van der Waals surface area contributed by atoms with Crippen molar-refractivity contribution in [1.82, 2.24) is 0 Å². The lowest BCUT2D eigenvalue weighted by atomic mass is 9.79. The summed E-state index contributed by atoms with van der Waals surface area (Å²) in [5.74, 6) is 4.66. The average molecular weight is 385 g/mol. The lowest BCUT2D eigenvalue weighted by molar-refractivity contribution is 0.366. The maximum absolute atomic E-state index is 5.65. The van der Waals surface area contributed by atoms with Crippen molar-refractivity contribution in [3.63, 3.8) is 0 Å². The molecule has 0 N–H and O–H groups in total. The molecule has 4 heteroatoms. The van der Waals surface area contributed by atoms with Crippen LogP contribution in [0.4, 0.5) is 0 Å². The van der Waals surface area contributed by atoms with Gasteiger partial charge in [0.25, 0.3) is 0 Å². The first-order chi connectivity index (χ1) is 13.7. The van der Waals surface area contributed by atoms with Crippen molar-refractivity contribution in [3.8, 4) is 23.0 Å². The van der Waals surface area contributed by atoms with Gasteiger partial charge in [-0.15, -0.1) is 0 Å². The SMILES string of the molecule is COc1ccc(C2CCCC(c3ccc(OC)cc3OC)CCC2)c(OC)c1. The smallest absolute Gasteiger partial charge is 0.126 e. The second kappa shape index (κ2) is 9.72. The fourth-order valence-electron chi connectivity index (χ4n) is 4.44. The van der Waals surface area contributed by atoms with Crippen LogP contribution in [0.3, 0.4) is 0 Å². The summed E-state index contributed by atoms with van der Waals surface area (Å²) in [6.07, 6.45) is 7.10. The van der Waals surface area contributed by atoms with Crippen LogP contribution in [0.2, 0.25) is 0 Å². The first-order valence-corrected chi connectivity index (χ1v) is 10.1. The van der Waals surface area contributed by atoms with Crippen LogP contribution in [0.25, 0.3) is 0 Å². The number of rotatable bonds is 6. The summed E-state index contributed by atoms with van der Waals surface area (Å²) >= 11 is 0. The molecule has 2 aromatic carbocycles. The Bertz CT molecular complexity index is 698. The fraction of sp³-hybridized carbons (Fsp3) is 0.500. The Hall–Kier alpha value is -2.36. The predicted molar refractivity (Wildman–Crippen MR) is 112 cm³/mol. The number of methoxy groups -OCH3 is 4. The van der Waals surface area contributed by atoms with E-state index >= 15 is 0 Å². The summed E-state index contributed by atoms with van der Waals surface area (Å²) in [6, 6.07) is 12.4. The molecule has 1 aliphatic rings. The molecule has 4 nitrogen and oxygen atoms in total. The molecule has 1 aliphatic carbocycles. The summed E-state index contributed by atoms with van der Waals surface area (Å²) in [5.41, 5.74) is 2.62. The Morgan fingerprint density at radius 1 is 0.571 bits per heavy atom. The molecule has 3 rings (SSSR count). The van der Waals surface area contributed by atoms with Gasteiger partial charge in [-0.3, -0.25) is 0 Å². The molecule has 0 unspecified atom stereocenters. The van der Waals surface area contributed by atoms with Gasteiger partial charge in [0.15, 0.2) is 0 Å². The van der Waals surface area contributed by atoms with Gasteiger partial charge in [0.2, 0.25) is 0 Å². The molecule has 0 heterocycles. The standard InChI is InChI=1S/C24H32O4/c1-25-19-11-13-21(23(15-19)27-3)17-7-5-9-18(10-6-8-17)22-14-12-20(26-2)16-24(22)28-4/h11-18H,5-10H2,1-4H3. The second-order valence-electron chi connectivity index (χ2n) is 7.47. The number of ether oxygens (including phenoxy) is 4. The minimum absolute atomic E-state index is 0.541. The summed E-state index contributed by atoms with van der Waals surface area (Å²) in [7, 11) is 6.87. The minimum Gasteiger partial charge on any atom is -0.497 e. The van der Waals surface area contributed by atoms with Gasteiger partial charge in [-0.25, -0.2) is 0 Å². The van der Waals surface area contributed by atoms with E-state index in [1.54, 1.807) is 28.4 Å². The van der Waals surface area contributed by atoms with Gasteiger partial charge in [-0.05, 0) is 60.8 Å². The van der Waals surface area contributed by atoms with Crippen LogP contribution >= 0.6 is 0 Å². The quantitative estimate of drug-likeness (QED) is 0.617. The molecule has 0 radical (unpaired) electrons. The van der Waals surface area contributed by atoms with Crippen LogP contribution in [0, 0.1) is 0 Å². The van der Waals surface area contributed by atoms with E-state index in [1.807, 2.05) is 24.3 Å². The Kier molecular flexibility index (Phi) is 7.07. The summed E-state index contributed by atoms with van der Waals surface area (Å²) < 4.78 is 22.0. The van der Waals surface area contributed by atoms with Crippen LogP contribution in [0.1, 0.15) is 61.5 Å². The summed E-state index contributed by atoms with van der Waals surface area (Å²) in [6.45, 7) is 0. The molecular weight excluding hydrogens is 352 g/mol. The van der Waals surface area contributed by atoms with Crippen LogP contribution in [-0.4, -0.2) is 28.4 Å². The zero-order valence-electron chi connectivity index (χ0n) is 17.5. The van der Waals surface area contributed by atoms with Gasteiger partial charge in [0, 0.05) is 12.1 Å². The third-order valence-electron chi connectivity index (χ3n) is 5.97. The number of hydrogen-bond acceptors (Lipinski definition) is 4. The normalized spacial score (nSPS) is 20.0. The monoisotopic (exact) mass is 384 g/mol. The topological polar surface area (TPSA) is 36.9 Å². The van der Waals surface area contributed by atoms with E-state index in [0.29, 0.717) is 11.8 Å². The zero-order valence-corrected chi connectivity index (χ0v) is 17.5. The van der Waals surface area contributed by atoms with Crippen LogP contribution in [-0.2, 0) is 0 Å². The molecule has 1 saturated carbocycles. The van der Waals surface area contributed by atoms with Crippen molar-refractivity contribution in [2.45, 2.75) is 50.4 Å². The van der Waals surface area contributed by atoms with E-state index in [0.717, 1.165) is 23.0 Å². The molecule has 0 spiro atoms. The minimum atomic E-state index is 0.541. The first kappa shape index (κ1) is 20.4. The fourth-order valence-corrected chi connectivity index (χ4v) is 4.44. The summed E-state index contributed by atoms with van der Waals surface area (Å²) in [4.78, 5) is 0. The molecule has 2 aromatic rings. The van der Waals surface area contributed by atoms with E-state index < -0.39 is 0 Å². The molecule has 1 fully saturated rings. The highest BCUT2D eigenvalue weighted by Crippen LogP contribution is 2.42. The Morgan fingerprint density at radius 2 is 0.964 bits per heavy atom. The lowest BCUT2D eigenvalue weighted by Crippen LogP contribution is -2.10. The molecular formula is C24H32O4. The molecule has 152 valence electrons. The maximum Gasteiger partial charge on any atom is 0.126 e. The second-order valence-corrected chi connectivity index (χ2v) is 7.47. The van der Waals surface area contributed by atoms with E-state index in [9.17, 15) is 0 Å². The molecule has 0 saturated heterocycles. The highest BCUT2D eigenvalue weighted by molar-refractivity contribution is 5.44. The molecule has 0 aromatic heterocycles. The van der Waals surface area contributed by atoms with Crippen LogP contribution in [0.15, 0.2) is 36.4 Å². The van der Waals surface area contributed by atoms with Crippen molar-refractivity contribution in [2.24, 2.45) is 0 Å². The van der Waals surface area contributed by atoms with Crippen molar-refractivity contribution in [2.75, 3.05) is 28.4 Å². The molecule has 0 amide bonds. The number of benzene rings is 2. The highest BCUT2D eigenvalue weighted by atomic mass is 16.5. The average Bonchev–Trinajstić information content (AvgIpc) is 2.73. The first-order valence-electron chi connectivity index (χ1n) is 10.1. The third-order valence-corrected chi connectivity index (χ3v) is 5.97.